The number of nitrogens with zero attached hydrogens (tertiary/aromatic N) is 3. The van der Waals surface area contributed by atoms with Gasteiger partial charge in [0.2, 0.25) is 0 Å². The summed E-state index contributed by atoms with van der Waals surface area (Å²) in [6.45, 7) is 0.312. The second kappa shape index (κ2) is 6.34. The minimum Gasteiger partial charge on any atom is -0.506 e. The van der Waals surface area contributed by atoms with Gasteiger partial charge in [0.05, 0.1) is 17.8 Å². The fraction of sp³-hybridized carbons (Fsp3) is 0.133. The maximum Gasteiger partial charge on any atom is 0.256 e. The Morgan fingerprint density at radius 3 is 2.70 bits per heavy atom. The zero-order chi connectivity index (χ0) is 14.4. The second-order valence-electron chi connectivity index (χ2n) is 4.24. The number of benzene rings is 1. The second-order valence-corrected chi connectivity index (χ2v) is 4.24. The summed E-state index contributed by atoms with van der Waals surface area (Å²) in [6, 6.07) is 12.7. The van der Waals surface area contributed by atoms with Crippen molar-refractivity contribution in [2.24, 2.45) is 0 Å². The van der Waals surface area contributed by atoms with Gasteiger partial charge in [-0.1, -0.05) is 30.3 Å². The quantitative estimate of drug-likeness (QED) is 0.859. The van der Waals surface area contributed by atoms with Gasteiger partial charge in [-0.25, -0.2) is 0 Å². The van der Waals surface area contributed by atoms with Gasteiger partial charge in [-0.2, -0.15) is 5.26 Å². The summed E-state index contributed by atoms with van der Waals surface area (Å²) in [4.78, 5) is 17.5. The zero-order valence-corrected chi connectivity index (χ0v) is 10.7. The molecule has 0 aliphatic rings. The van der Waals surface area contributed by atoms with E-state index in [-0.39, 0.29) is 23.8 Å². The smallest absolute Gasteiger partial charge is 0.256 e. The lowest BCUT2D eigenvalue weighted by Gasteiger charge is -2.19. The van der Waals surface area contributed by atoms with Crippen LogP contribution in [0.1, 0.15) is 15.9 Å². The van der Waals surface area contributed by atoms with Crippen molar-refractivity contribution in [3.05, 3.63) is 59.9 Å². The number of aromatic hydroxyl groups is 1. The van der Waals surface area contributed by atoms with E-state index in [2.05, 4.69) is 4.98 Å². The highest BCUT2D eigenvalue weighted by Gasteiger charge is 2.16. The summed E-state index contributed by atoms with van der Waals surface area (Å²) in [5, 5.41) is 18.2. The average Bonchev–Trinajstić information content (AvgIpc) is 2.47. The van der Waals surface area contributed by atoms with Crippen molar-refractivity contribution >= 4 is 5.91 Å². The van der Waals surface area contributed by atoms with Crippen LogP contribution in [0.4, 0.5) is 0 Å². The minimum atomic E-state index is -0.334. The number of carbonyl (C=O) groups excluding carboxylic acids is 1. The zero-order valence-electron chi connectivity index (χ0n) is 10.7. The van der Waals surface area contributed by atoms with Gasteiger partial charge in [0.25, 0.3) is 5.91 Å². The number of aromatic nitrogens is 1. The fourth-order valence-corrected chi connectivity index (χ4v) is 1.82. The first-order chi connectivity index (χ1) is 9.70. The van der Waals surface area contributed by atoms with Crippen molar-refractivity contribution in [3.8, 4) is 11.8 Å². The predicted molar refractivity (Wildman–Crippen MR) is 72.7 cm³/mol. The first kappa shape index (κ1) is 13.6. The summed E-state index contributed by atoms with van der Waals surface area (Å²) < 4.78 is 0. The summed E-state index contributed by atoms with van der Waals surface area (Å²) in [7, 11) is 0. The van der Waals surface area contributed by atoms with Crippen LogP contribution in [0.3, 0.4) is 0 Å². The van der Waals surface area contributed by atoms with E-state index >= 15 is 0 Å². The molecule has 0 atom stereocenters. The van der Waals surface area contributed by atoms with Gasteiger partial charge in [-0.15, -0.1) is 0 Å². The van der Waals surface area contributed by atoms with Crippen LogP contribution >= 0.6 is 0 Å². The van der Waals surface area contributed by atoms with Gasteiger partial charge in [-0.05, 0) is 11.6 Å². The number of nitriles is 1. The van der Waals surface area contributed by atoms with E-state index in [1.54, 1.807) is 0 Å². The number of carbonyl (C=O) groups is 1. The van der Waals surface area contributed by atoms with Crippen molar-refractivity contribution in [2.45, 2.75) is 6.54 Å². The number of hydrogen-bond acceptors (Lipinski definition) is 4. The summed E-state index contributed by atoms with van der Waals surface area (Å²) in [5.74, 6) is -0.411. The number of hydrogen-bond donors (Lipinski definition) is 1. The van der Waals surface area contributed by atoms with Crippen LogP contribution in [0, 0.1) is 11.3 Å². The Bertz CT molecular complexity index is 635. The standard InChI is InChI=1S/C15H13N3O2/c16-6-7-18(11-12-4-2-1-3-5-12)15(20)13-8-14(19)10-17-9-13/h1-5,8-10,19H,7,11H2. The molecule has 5 heteroatoms. The van der Waals surface area contributed by atoms with Crippen LogP contribution < -0.4 is 0 Å². The molecule has 0 saturated heterocycles. The van der Waals surface area contributed by atoms with Crippen LogP contribution in [0.25, 0.3) is 0 Å². The largest absolute Gasteiger partial charge is 0.506 e. The highest BCUT2D eigenvalue weighted by molar-refractivity contribution is 5.94. The molecule has 0 saturated carbocycles. The van der Waals surface area contributed by atoms with E-state index in [0.717, 1.165) is 5.56 Å². The van der Waals surface area contributed by atoms with E-state index in [0.29, 0.717) is 6.54 Å². The van der Waals surface area contributed by atoms with Crippen LogP contribution in [0.2, 0.25) is 0 Å². The Hall–Kier alpha value is -2.87. The third kappa shape index (κ3) is 3.33. The van der Waals surface area contributed by atoms with Crippen molar-refractivity contribution in [1.29, 1.82) is 5.26 Å². The van der Waals surface area contributed by atoms with Gasteiger partial charge in [-0.3, -0.25) is 9.78 Å². The number of amides is 1. The Kier molecular flexibility index (Phi) is 4.30. The van der Waals surface area contributed by atoms with E-state index in [9.17, 15) is 9.90 Å². The Labute approximate surface area is 116 Å². The van der Waals surface area contributed by atoms with Gasteiger partial charge in [0.15, 0.2) is 0 Å². The molecule has 1 heterocycles. The first-order valence-corrected chi connectivity index (χ1v) is 6.05. The predicted octanol–water partition coefficient (Wildman–Crippen LogP) is 1.95. The molecule has 5 nitrogen and oxygen atoms in total. The lowest BCUT2D eigenvalue weighted by atomic mass is 10.2. The number of rotatable bonds is 4. The molecule has 1 aromatic heterocycles. The molecule has 2 rings (SSSR count). The molecule has 1 amide bonds. The van der Waals surface area contributed by atoms with Crippen LogP contribution in [0.5, 0.6) is 5.75 Å². The molecule has 0 bridgehead atoms. The van der Waals surface area contributed by atoms with E-state index in [1.807, 2.05) is 36.4 Å². The molecule has 2 aromatic rings. The topological polar surface area (TPSA) is 77.2 Å². The van der Waals surface area contributed by atoms with Gasteiger partial charge >= 0.3 is 0 Å². The van der Waals surface area contributed by atoms with Crippen molar-refractivity contribution < 1.29 is 9.90 Å². The maximum absolute atomic E-state index is 12.3. The lowest BCUT2D eigenvalue weighted by molar-refractivity contribution is 0.0764. The molecule has 0 radical (unpaired) electrons. The van der Waals surface area contributed by atoms with Gasteiger partial charge < -0.3 is 10.0 Å². The van der Waals surface area contributed by atoms with Crippen molar-refractivity contribution in [3.63, 3.8) is 0 Å². The van der Waals surface area contributed by atoms with E-state index in [4.69, 9.17) is 5.26 Å². The molecule has 0 fully saturated rings. The molecule has 0 aliphatic heterocycles. The Balaban J connectivity index is 2.20. The first-order valence-electron chi connectivity index (χ1n) is 6.05. The molecule has 0 unspecified atom stereocenters. The summed E-state index contributed by atoms with van der Waals surface area (Å²) >= 11 is 0. The van der Waals surface area contributed by atoms with Crippen LogP contribution in [-0.4, -0.2) is 27.4 Å². The highest BCUT2D eigenvalue weighted by atomic mass is 16.3. The van der Waals surface area contributed by atoms with Gasteiger partial charge in [0, 0.05) is 12.7 Å². The Morgan fingerprint density at radius 2 is 2.05 bits per heavy atom. The Morgan fingerprint density at radius 1 is 1.30 bits per heavy atom. The van der Waals surface area contributed by atoms with Crippen molar-refractivity contribution in [2.75, 3.05) is 6.54 Å². The third-order valence-electron chi connectivity index (χ3n) is 2.74. The lowest BCUT2D eigenvalue weighted by Crippen LogP contribution is -2.31. The van der Waals surface area contributed by atoms with Crippen LogP contribution in [0.15, 0.2) is 48.8 Å². The molecule has 1 aromatic carbocycles. The monoisotopic (exact) mass is 267 g/mol. The average molecular weight is 267 g/mol. The molecule has 20 heavy (non-hydrogen) atoms. The van der Waals surface area contributed by atoms with Gasteiger partial charge in [0.1, 0.15) is 12.3 Å². The number of pyridine rings is 1. The molecule has 1 N–H and O–H groups in total. The minimum absolute atomic E-state index is 0.0244. The summed E-state index contributed by atoms with van der Waals surface area (Å²) in [5.41, 5.74) is 1.19. The molecular formula is C15H13N3O2. The highest BCUT2D eigenvalue weighted by Crippen LogP contribution is 2.13. The summed E-state index contributed by atoms with van der Waals surface area (Å²) in [6.07, 6.45) is 2.63. The van der Waals surface area contributed by atoms with E-state index < -0.39 is 0 Å². The molecule has 100 valence electrons. The van der Waals surface area contributed by atoms with Crippen LogP contribution in [-0.2, 0) is 6.54 Å². The third-order valence-corrected chi connectivity index (χ3v) is 2.74. The fourth-order valence-electron chi connectivity index (χ4n) is 1.82. The maximum atomic E-state index is 12.3. The molecule has 0 aliphatic carbocycles. The molecular weight excluding hydrogens is 254 g/mol. The van der Waals surface area contributed by atoms with E-state index in [1.165, 1.54) is 23.4 Å². The molecule has 0 spiro atoms. The van der Waals surface area contributed by atoms with Crippen molar-refractivity contribution in [1.82, 2.24) is 9.88 Å². The SMILES string of the molecule is N#CCN(Cc1ccccc1)C(=O)c1cncc(O)c1. The normalized spacial score (nSPS) is 9.75.